The largest absolute Gasteiger partial charge is 0.496 e. The predicted molar refractivity (Wildman–Crippen MR) is 98.0 cm³/mol. The molecule has 1 heterocycles. The average molecular weight is 404 g/mol. The Balaban J connectivity index is 1.37. The second-order valence-corrected chi connectivity index (χ2v) is 7.55. The lowest BCUT2D eigenvalue weighted by atomic mass is 9.85. The van der Waals surface area contributed by atoms with Gasteiger partial charge in [-0.3, -0.25) is 34.9 Å². The van der Waals surface area contributed by atoms with Crippen molar-refractivity contribution in [3.8, 4) is 5.75 Å². The molecule has 3 aliphatic rings. The van der Waals surface area contributed by atoms with E-state index in [-0.39, 0.29) is 46.8 Å². The van der Waals surface area contributed by atoms with E-state index in [9.17, 15) is 19.2 Å². The van der Waals surface area contributed by atoms with E-state index in [0.29, 0.717) is 5.02 Å². The Morgan fingerprint density at radius 3 is 2.39 bits per heavy atom. The van der Waals surface area contributed by atoms with Crippen LogP contribution in [0.4, 0.5) is 0 Å². The number of rotatable bonds is 4. The lowest BCUT2D eigenvalue weighted by molar-refractivity contribution is -0.144. The van der Waals surface area contributed by atoms with Crippen LogP contribution in [-0.4, -0.2) is 42.2 Å². The molecule has 4 amide bonds. The Hall–Kier alpha value is -2.87. The number of hydrogen-bond donors (Lipinski definition) is 2. The van der Waals surface area contributed by atoms with E-state index in [2.05, 4.69) is 10.9 Å². The maximum atomic E-state index is 12.6. The fourth-order valence-corrected chi connectivity index (χ4v) is 4.53. The number of amides is 4. The van der Waals surface area contributed by atoms with Crippen LogP contribution in [-0.2, 0) is 14.4 Å². The van der Waals surface area contributed by atoms with Crippen LogP contribution < -0.4 is 15.6 Å². The minimum atomic E-state index is -0.670. The lowest BCUT2D eigenvalue weighted by Gasteiger charge is -2.17. The van der Waals surface area contributed by atoms with E-state index in [4.69, 9.17) is 16.3 Å². The fraction of sp³-hybridized carbons (Fsp3) is 0.368. The summed E-state index contributed by atoms with van der Waals surface area (Å²) in [5, 5.41) is 0.334. The zero-order chi connectivity index (χ0) is 20.0. The molecule has 146 valence electrons. The summed E-state index contributed by atoms with van der Waals surface area (Å²) in [6, 6.07) is 4.50. The third-order valence-electron chi connectivity index (χ3n) is 5.58. The van der Waals surface area contributed by atoms with Crippen LogP contribution in [0.5, 0.6) is 5.75 Å². The van der Waals surface area contributed by atoms with Crippen molar-refractivity contribution in [1.82, 2.24) is 15.8 Å². The summed E-state index contributed by atoms with van der Waals surface area (Å²) in [4.78, 5) is 50.6. The first-order chi connectivity index (χ1) is 13.4. The topological polar surface area (TPSA) is 105 Å². The highest BCUT2D eigenvalue weighted by molar-refractivity contribution is 6.31. The van der Waals surface area contributed by atoms with Crippen LogP contribution in [0, 0.1) is 23.7 Å². The summed E-state index contributed by atoms with van der Waals surface area (Å²) >= 11 is 5.89. The van der Waals surface area contributed by atoms with Crippen molar-refractivity contribution >= 4 is 35.2 Å². The molecule has 4 atom stereocenters. The Kier molecular flexibility index (Phi) is 4.58. The van der Waals surface area contributed by atoms with Crippen molar-refractivity contribution in [1.29, 1.82) is 0 Å². The number of allylic oxidation sites excluding steroid dienone is 2. The Morgan fingerprint density at radius 2 is 1.79 bits per heavy atom. The first-order valence-corrected chi connectivity index (χ1v) is 9.24. The smallest absolute Gasteiger partial charge is 0.273 e. The van der Waals surface area contributed by atoms with E-state index >= 15 is 0 Å². The second kappa shape index (κ2) is 6.94. The number of ether oxygens (including phenoxy) is 1. The van der Waals surface area contributed by atoms with Crippen molar-refractivity contribution in [3.63, 3.8) is 0 Å². The molecule has 0 radical (unpaired) electrons. The SMILES string of the molecule is COc1ccc(Cl)cc1C(=O)NNC(=O)CN1C(=O)[C@@H]2[C@@H](C1=O)[C@H]1C=C[C@H]2C1. The molecule has 8 nitrogen and oxygen atoms in total. The van der Waals surface area contributed by atoms with E-state index in [1.54, 1.807) is 6.07 Å². The van der Waals surface area contributed by atoms with Gasteiger partial charge in [-0.1, -0.05) is 23.8 Å². The van der Waals surface area contributed by atoms with Gasteiger partial charge in [0.1, 0.15) is 12.3 Å². The molecule has 0 unspecified atom stereocenters. The van der Waals surface area contributed by atoms with Gasteiger partial charge in [-0.05, 0) is 36.5 Å². The number of nitrogens with one attached hydrogen (secondary N) is 2. The normalized spacial score (nSPS) is 27.1. The third-order valence-corrected chi connectivity index (χ3v) is 5.82. The monoisotopic (exact) mass is 403 g/mol. The lowest BCUT2D eigenvalue weighted by Crippen LogP contribution is -2.48. The van der Waals surface area contributed by atoms with Crippen LogP contribution in [0.15, 0.2) is 30.4 Å². The number of halogens is 1. The van der Waals surface area contributed by atoms with Crippen molar-refractivity contribution in [3.05, 3.63) is 40.9 Å². The van der Waals surface area contributed by atoms with Gasteiger partial charge < -0.3 is 4.74 Å². The summed E-state index contributed by atoms with van der Waals surface area (Å²) < 4.78 is 5.10. The molecule has 4 rings (SSSR count). The number of hydrogen-bond acceptors (Lipinski definition) is 5. The van der Waals surface area contributed by atoms with Gasteiger partial charge in [-0.2, -0.15) is 0 Å². The first-order valence-electron chi connectivity index (χ1n) is 8.87. The Bertz CT molecular complexity index is 885. The number of hydrazine groups is 1. The minimum Gasteiger partial charge on any atom is -0.496 e. The highest BCUT2D eigenvalue weighted by Gasteiger charge is 2.59. The van der Waals surface area contributed by atoms with Gasteiger partial charge in [0.05, 0.1) is 24.5 Å². The van der Waals surface area contributed by atoms with E-state index in [0.717, 1.165) is 11.3 Å². The summed E-state index contributed by atoms with van der Waals surface area (Å²) in [7, 11) is 1.40. The molecule has 1 saturated carbocycles. The number of methoxy groups -OCH3 is 1. The van der Waals surface area contributed by atoms with E-state index in [1.165, 1.54) is 19.2 Å². The standard InChI is InChI=1S/C19H18ClN3O5/c1-28-13-5-4-11(20)7-12(13)17(25)22-21-14(24)8-23-18(26)15-9-2-3-10(6-9)16(15)19(23)27/h2-5,7,9-10,15-16H,6,8H2,1H3,(H,21,24)(H,22,25)/t9-,10-,15-,16-/m0/s1. The Morgan fingerprint density at radius 1 is 1.14 bits per heavy atom. The third kappa shape index (κ3) is 2.93. The van der Waals surface area contributed by atoms with Gasteiger partial charge in [0.2, 0.25) is 11.8 Å². The summed E-state index contributed by atoms with van der Waals surface area (Å²) in [6.07, 6.45) is 4.79. The summed E-state index contributed by atoms with van der Waals surface area (Å²) in [5.41, 5.74) is 4.61. The van der Waals surface area contributed by atoms with Crippen LogP contribution in [0.1, 0.15) is 16.8 Å². The number of carbonyl (C=O) groups excluding carboxylic acids is 4. The molecule has 2 N–H and O–H groups in total. The molecule has 1 aromatic carbocycles. The number of imide groups is 1. The van der Waals surface area contributed by atoms with E-state index < -0.39 is 18.4 Å². The molecular formula is C19H18ClN3O5. The molecule has 2 aliphatic carbocycles. The number of carbonyl (C=O) groups is 4. The predicted octanol–water partition coefficient (Wildman–Crippen LogP) is 0.917. The van der Waals surface area contributed by atoms with Gasteiger partial charge in [0, 0.05) is 5.02 Å². The molecule has 28 heavy (non-hydrogen) atoms. The quantitative estimate of drug-likeness (QED) is 0.442. The molecule has 0 aromatic heterocycles. The van der Waals surface area contributed by atoms with Crippen molar-refractivity contribution in [2.75, 3.05) is 13.7 Å². The molecule has 0 spiro atoms. The molecule has 1 saturated heterocycles. The first kappa shape index (κ1) is 18.5. The molecule has 2 bridgehead atoms. The highest BCUT2D eigenvalue weighted by atomic mass is 35.5. The zero-order valence-electron chi connectivity index (χ0n) is 15.0. The zero-order valence-corrected chi connectivity index (χ0v) is 15.7. The van der Waals surface area contributed by atoms with Gasteiger partial charge in [0.25, 0.3) is 11.8 Å². The molecule has 1 aliphatic heterocycles. The van der Waals surface area contributed by atoms with Crippen LogP contribution in [0.3, 0.4) is 0 Å². The van der Waals surface area contributed by atoms with Crippen molar-refractivity contribution in [2.24, 2.45) is 23.7 Å². The van der Waals surface area contributed by atoms with Crippen LogP contribution in [0.25, 0.3) is 0 Å². The Labute approximate surface area is 165 Å². The minimum absolute atomic E-state index is 0.0782. The average Bonchev–Trinajstić information content (AvgIpc) is 3.36. The van der Waals surface area contributed by atoms with Gasteiger partial charge in [0.15, 0.2) is 0 Å². The summed E-state index contributed by atoms with van der Waals surface area (Å²) in [6.45, 7) is -0.433. The van der Waals surface area contributed by atoms with Crippen LogP contribution >= 0.6 is 11.6 Å². The summed E-state index contributed by atoms with van der Waals surface area (Å²) in [5.74, 6) is -2.21. The maximum Gasteiger partial charge on any atom is 0.273 e. The molecule has 2 fully saturated rings. The number of benzene rings is 1. The van der Waals surface area contributed by atoms with Gasteiger partial charge >= 0.3 is 0 Å². The second-order valence-electron chi connectivity index (χ2n) is 7.11. The molecular weight excluding hydrogens is 386 g/mol. The van der Waals surface area contributed by atoms with E-state index in [1.807, 2.05) is 12.2 Å². The van der Waals surface area contributed by atoms with Crippen molar-refractivity contribution in [2.45, 2.75) is 6.42 Å². The number of fused-ring (bicyclic) bond motifs is 5. The number of likely N-dealkylation sites (tertiary alicyclic amines) is 1. The fourth-order valence-electron chi connectivity index (χ4n) is 4.35. The molecule has 1 aromatic rings. The highest BCUT2D eigenvalue weighted by Crippen LogP contribution is 2.52. The maximum absolute atomic E-state index is 12.6. The molecule has 9 heteroatoms. The van der Waals surface area contributed by atoms with Crippen LogP contribution in [0.2, 0.25) is 5.02 Å². The number of nitrogens with zero attached hydrogens (tertiary/aromatic N) is 1. The van der Waals surface area contributed by atoms with Gasteiger partial charge in [-0.15, -0.1) is 0 Å². The van der Waals surface area contributed by atoms with Crippen molar-refractivity contribution < 1.29 is 23.9 Å². The van der Waals surface area contributed by atoms with Gasteiger partial charge in [-0.25, -0.2) is 0 Å².